The summed E-state index contributed by atoms with van der Waals surface area (Å²) >= 11 is 0. The highest BCUT2D eigenvalue weighted by atomic mass is 31.2. The maximum atomic E-state index is 11.9. The second kappa shape index (κ2) is 6.55. The molecule has 92 valence electrons. The first kappa shape index (κ1) is 13.9. The molecule has 0 heterocycles. The van der Waals surface area contributed by atoms with Gasteiger partial charge in [0.15, 0.2) is 0 Å². The smallest absolute Gasteiger partial charge is 0.324 e. The van der Waals surface area contributed by atoms with Crippen LogP contribution in [0.4, 0.5) is 0 Å². The quantitative estimate of drug-likeness (QED) is 0.596. The molecule has 0 fully saturated rings. The summed E-state index contributed by atoms with van der Waals surface area (Å²) in [5.74, 6) is 0. The van der Waals surface area contributed by atoms with Crippen molar-refractivity contribution in [2.24, 2.45) is 0 Å². The van der Waals surface area contributed by atoms with Gasteiger partial charge in [-0.15, -0.1) is 13.2 Å². The van der Waals surface area contributed by atoms with Crippen molar-refractivity contribution in [2.75, 3.05) is 0 Å². The summed E-state index contributed by atoms with van der Waals surface area (Å²) in [5.41, 5.74) is 0.778. The van der Waals surface area contributed by atoms with E-state index in [2.05, 4.69) is 13.2 Å². The molecule has 0 aromatic heterocycles. The molecule has 0 aliphatic carbocycles. The van der Waals surface area contributed by atoms with Crippen molar-refractivity contribution in [1.29, 1.82) is 0 Å². The van der Waals surface area contributed by atoms with E-state index in [0.29, 0.717) is 6.42 Å². The van der Waals surface area contributed by atoms with E-state index in [1.54, 1.807) is 18.2 Å². The largest absolute Gasteiger partial charge is 0.333 e. The molecule has 0 spiro atoms. The Bertz CT molecular complexity index is 414. The minimum Gasteiger partial charge on any atom is -0.324 e. The minimum atomic E-state index is -3.64. The Hall–Kier alpha value is -1.15. The summed E-state index contributed by atoms with van der Waals surface area (Å²) < 4.78 is 17.0. The van der Waals surface area contributed by atoms with E-state index >= 15 is 0 Å². The van der Waals surface area contributed by atoms with Crippen LogP contribution in [0.1, 0.15) is 12.0 Å². The summed E-state index contributed by atoms with van der Waals surface area (Å²) in [6.07, 6.45) is 3.16. The van der Waals surface area contributed by atoms with Crippen LogP contribution in [-0.2, 0) is 15.3 Å². The van der Waals surface area contributed by atoms with Crippen molar-refractivity contribution in [3.8, 4) is 0 Å². The molecule has 1 aromatic rings. The second-order valence-electron chi connectivity index (χ2n) is 3.69. The zero-order chi connectivity index (χ0) is 12.7. The number of hydrogen-bond donors (Lipinski definition) is 1. The summed E-state index contributed by atoms with van der Waals surface area (Å²) in [4.78, 5) is 9.75. The van der Waals surface area contributed by atoms with Gasteiger partial charge in [-0.25, -0.2) is 0 Å². The van der Waals surface area contributed by atoms with Crippen LogP contribution in [0.15, 0.2) is 55.6 Å². The Balaban J connectivity index is 2.65. The maximum Gasteiger partial charge on any atom is 0.333 e. The fourth-order valence-corrected chi connectivity index (χ4v) is 2.75. The molecule has 0 radical (unpaired) electrons. The molecule has 4 heteroatoms. The van der Waals surface area contributed by atoms with Gasteiger partial charge in [0, 0.05) is 0 Å². The Labute approximate surface area is 102 Å². The van der Waals surface area contributed by atoms with Crippen LogP contribution in [0.2, 0.25) is 0 Å². The van der Waals surface area contributed by atoms with Crippen LogP contribution in [0, 0.1) is 0 Å². The normalized spacial score (nSPS) is 15.8. The molecular weight excluding hydrogens is 235 g/mol. The van der Waals surface area contributed by atoms with Gasteiger partial charge in [-0.1, -0.05) is 42.5 Å². The molecule has 0 saturated carbocycles. The SMILES string of the molecule is C=CCC(C=C)OP(=O)(O)Cc1ccccc1. The standard InChI is InChI=1S/C13H17O3P/c1-3-8-13(4-2)16-17(14,15)11-12-9-6-5-7-10-12/h3-7,9-10,13H,1-2,8,11H2,(H,14,15). The molecule has 0 aliphatic rings. The van der Waals surface area contributed by atoms with Crippen LogP contribution < -0.4 is 0 Å². The molecule has 2 unspecified atom stereocenters. The van der Waals surface area contributed by atoms with E-state index < -0.39 is 13.7 Å². The summed E-state index contributed by atoms with van der Waals surface area (Å²) in [7, 11) is -3.64. The molecule has 1 N–H and O–H groups in total. The second-order valence-corrected chi connectivity index (χ2v) is 5.49. The van der Waals surface area contributed by atoms with Crippen molar-refractivity contribution in [3.05, 3.63) is 61.2 Å². The third kappa shape index (κ3) is 5.14. The lowest BCUT2D eigenvalue weighted by atomic mass is 10.2. The average Bonchev–Trinajstić information content (AvgIpc) is 2.29. The van der Waals surface area contributed by atoms with Gasteiger partial charge >= 0.3 is 7.60 Å². The first-order chi connectivity index (χ1) is 8.07. The van der Waals surface area contributed by atoms with E-state index in [0.717, 1.165) is 5.56 Å². The van der Waals surface area contributed by atoms with E-state index in [9.17, 15) is 9.46 Å². The average molecular weight is 252 g/mol. The Morgan fingerprint density at radius 2 is 2.00 bits per heavy atom. The van der Waals surface area contributed by atoms with Crippen molar-refractivity contribution >= 4 is 7.60 Å². The van der Waals surface area contributed by atoms with Crippen molar-refractivity contribution in [3.63, 3.8) is 0 Å². The van der Waals surface area contributed by atoms with Crippen LogP contribution in [0.3, 0.4) is 0 Å². The highest BCUT2D eigenvalue weighted by Gasteiger charge is 2.23. The van der Waals surface area contributed by atoms with Gasteiger partial charge in [0.25, 0.3) is 0 Å². The molecule has 3 nitrogen and oxygen atoms in total. The van der Waals surface area contributed by atoms with E-state index in [4.69, 9.17) is 4.52 Å². The van der Waals surface area contributed by atoms with E-state index in [1.807, 2.05) is 18.2 Å². The third-order valence-corrected chi connectivity index (χ3v) is 3.55. The van der Waals surface area contributed by atoms with Crippen LogP contribution in [0.5, 0.6) is 0 Å². The molecule has 1 rings (SSSR count). The molecule has 0 bridgehead atoms. The van der Waals surface area contributed by atoms with Crippen molar-refractivity contribution < 1.29 is 14.0 Å². The van der Waals surface area contributed by atoms with Gasteiger partial charge in [-0.3, -0.25) is 4.57 Å². The van der Waals surface area contributed by atoms with Crippen LogP contribution in [-0.4, -0.2) is 11.0 Å². The molecule has 2 atom stereocenters. The zero-order valence-electron chi connectivity index (χ0n) is 9.66. The van der Waals surface area contributed by atoms with E-state index in [1.165, 1.54) is 6.08 Å². The van der Waals surface area contributed by atoms with Crippen LogP contribution in [0.25, 0.3) is 0 Å². The summed E-state index contributed by atoms with van der Waals surface area (Å²) in [6, 6.07) is 9.09. The predicted molar refractivity (Wildman–Crippen MR) is 69.9 cm³/mol. The van der Waals surface area contributed by atoms with Gasteiger partial charge < -0.3 is 9.42 Å². The lowest BCUT2D eigenvalue weighted by Crippen LogP contribution is -2.07. The fraction of sp³-hybridized carbons (Fsp3) is 0.231. The first-order valence-electron chi connectivity index (χ1n) is 5.35. The Morgan fingerprint density at radius 3 is 2.53 bits per heavy atom. The Kier molecular flexibility index (Phi) is 5.36. The first-order valence-corrected chi connectivity index (χ1v) is 7.11. The van der Waals surface area contributed by atoms with Gasteiger partial charge in [0.1, 0.15) is 0 Å². The number of hydrogen-bond acceptors (Lipinski definition) is 2. The lowest BCUT2D eigenvalue weighted by Gasteiger charge is -2.17. The summed E-state index contributed by atoms with van der Waals surface area (Å²) in [6.45, 7) is 7.13. The molecular formula is C13H17O3P. The highest BCUT2D eigenvalue weighted by Crippen LogP contribution is 2.47. The number of benzene rings is 1. The van der Waals surface area contributed by atoms with Gasteiger partial charge in [0.05, 0.1) is 12.3 Å². The van der Waals surface area contributed by atoms with Crippen molar-refractivity contribution in [2.45, 2.75) is 18.7 Å². The van der Waals surface area contributed by atoms with Gasteiger partial charge in [-0.05, 0) is 12.0 Å². The van der Waals surface area contributed by atoms with Crippen LogP contribution >= 0.6 is 7.60 Å². The molecule has 0 saturated heterocycles. The highest BCUT2D eigenvalue weighted by molar-refractivity contribution is 7.52. The van der Waals surface area contributed by atoms with Crippen molar-refractivity contribution in [1.82, 2.24) is 0 Å². The predicted octanol–water partition coefficient (Wildman–Crippen LogP) is 3.52. The third-order valence-electron chi connectivity index (χ3n) is 2.19. The topological polar surface area (TPSA) is 46.5 Å². The number of rotatable bonds is 7. The van der Waals surface area contributed by atoms with E-state index in [-0.39, 0.29) is 6.16 Å². The van der Waals surface area contributed by atoms with Gasteiger partial charge in [0.2, 0.25) is 0 Å². The Morgan fingerprint density at radius 1 is 1.35 bits per heavy atom. The minimum absolute atomic E-state index is 0.00925. The maximum absolute atomic E-state index is 11.9. The molecule has 17 heavy (non-hydrogen) atoms. The summed E-state index contributed by atoms with van der Waals surface area (Å²) in [5, 5.41) is 0. The monoisotopic (exact) mass is 252 g/mol. The molecule has 0 amide bonds. The fourth-order valence-electron chi connectivity index (χ4n) is 1.41. The van der Waals surface area contributed by atoms with Gasteiger partial charge in [-0.2, -0.15) is 0 Å². The lowest BCUT2D eigenvalue weighted by molar-refractivity contribution is 0.212. The molecule has 1 aromatic carbocycles. The zero-order valence-corrected chi connectivity index (χ0v) is 10.6. The molecule has 0 aliphatic heterocycles.